The van der Waals surface area contributed by atoms with Gasteiger partial charge in [0.1, 0.15) is 11.5 Å². The molecular formula is C18H19F3N6O3S. The Labute approximate surface area is 175 Å². The van der Waals surface area contributed by atoms with Crippen LogP contribution in [0, 0.1) is 0 Å². The van der Waals surface area contributed by atoms with Gasteiger partial charge in [-0.3, -0.25) is 14.0 Å². The van der Waals surface area contributed by atoms with Gasteiger partial charge in [0.15, 0.2) is 5.69 Å². The minimum Gasteiger partial charge on any atom is -0.285 e. The Balaban J connectivity index is 2.05. The molecule has 0 spiro atoms. The van der Waals surface area contributed by atoms with Crippen LogP contribution in [-0.2, 0) is 28.2 Å². The molecule has 0 bridgehead atoms. The molecule has 0 radical (unpaired) electrons. The molecule has 0 aromatic carbocycles. The number of amides is 1. The highest BCUT2D eigenvalue weighted by Crippen LogP contribution is 2.35. The Morgan fingerprint density at radius 3 is 2.71 bits per heavy atom. The molecule has 3 rings (SSSR count). The zero-order chi connectivity index (χ0) is 22.8. The fraction of sp³-hybridized carbons (Fsp3) is 0.278. The lowest BCUT2D eigenvalue weighted by atomic mass is 10.2. The maximum absolute atomic E-state index is 13.6. The maximum atomic E-state index is 13.6. The number of hydrogen-bond acceptors (Lipinski definition) is 5. The number of halogens is 3. The van der Waals surface area contributed by atoms with Gasteiger partial charge in [0.2, 0.25) is 0 Å². The zero-order valence-electron chi connectivity index (χ0n) is 16.5. The summed E-state index contributed by atoms with van der Waals surface area (Å²) < 4.78 is 70.6. The van der Waals surface area contributed by atoms with E-state index in [1.807, 2.05) is 0 Å². The number of nitrogens with zero attached hydrogens (tertiary/aromatic N) is 4. The molecule has 0 fully saturated rings. The third-order valence-electron chi connectivity index (χ3n) is 4.18. The molecule has 0 saturated carbocycles. The number of fused-ring (bicyclic) bond motifs is 1. The number of hydrogen-bond donors (Lipinski definition) is 2. The summed E-state index contributed by atoms with van der Waals surface area (Å²) in [7, 11) is -2.79. The highest BCUT2D eigenvalue weighted by atomic mass is 32.2. The fourth-order valence-electron chi connectivity index (χ4n) is 2.92. The van der Waals surface area contributed by atoms with Crippen molar-refractivity contribution in [1.82, 2.24) is 28.8 Å². The molecule has 31 heavy (non-hydrogen) atoms. The van der Waals surface area contributed by atoms with Gasteiger partial charge in [-0.1, -0.05) is 6.92 Å². The SMILES string of the molecule is CCCNS(=O)(=O)NC(=O)C=Cc1c(C(F)(F)F)nn(C)c1-n1ccc2cccnc21. The molecular weight excluding hydrogens is 437 g/mol. The van der Waals surface area contributed by atoms with Crippen molar-refractivity contribution in [3.63, 3.8) is 0 Å². The van der Waals surface area contributed by atoms with Crippen LogP contribution in [0.3, 0.4) is 0 Å². The average molecular weight is 456 g/mol. The van der Waals surface area contributed by atoms with Crippen LogP contribution in [0.4, 0.5) is 13.2 Å². The standard InChI is InChI=1S/C18H19F3N6O3S/c1-3-9-23-31(29,30)25-14(28)7-6-13-15(18(19,20)21)24-26(2)17(13)27-11-8-12-5-4-10-22-16(12)27/h4-8,10-11,23H,3,9H2,1-2H3,(H,25,28). The molecule has 3 aromatic rings. The quantitative estimate of drug-likeness (QED) is 0.530. The predicted molar refractivity (Wildman–Crippen MR) is 107 cm³/mol. The number of alkyl halides is 3. The highest BCUT2D eigenvalue weighted by molar-refractivity contribution is 7.88. The van der Waals surface area contributed by atoms with E-state index in [0.29, 0.717) is 23.5 Å². The van der Waals surface area contributed by atoms with Crippen molar-refractivity contribution in [2.24, 2.45) is 7.05 Å². The molecule has 0 aliphatic heterocycles. The van der Waals surface area contributed by atoms with E-state index in [1.165, 1.54) is 24.0 Å². The molecule has 0 unspecified atom stereocenters. The molecule has 3 aromatic heterocycles. The smallest absolute Gasteiger partial charge is 0.285 e. The Morgan fingerprint density at radius 1 is 1.29 bits per heavy atom. The molecule has 13 heteroatoms. The molecule has 0 atom stereocenters. The van der Waals surface area contributed by atoms with E-state index in [-0.39, 0.29) is 12.4 Å². The Morgan fingerprint density at radius 2 is 2.03 bits per heavy atom. The minimum atomic E-state index is -4.81. The summed E-state index contributed by atoms with van der Waals surface area (Å²) >= 11 is 0. The molecule has 0 saturated heterocycles. The lowest BCUT2D eigenvalue weighted by molar-refractivity contribution is -0.141. The van der Waals surface area contributed by atoms with Crippen LogP contribution < -0.4 is 9.44 Å². The number of nitrogens with one attached hydrogen (secondary N) is 2. The van der Waals surface area contributed by atoms with Crippen molar-refractivity contribution < 1.29 is 26.4 Å². The molecule has 1 amide bonds. The van der Waals surface area contributed by atoms with Crippen LogP contribution in [0.1, 0.15) is 24.6 Å². The van der Waals surface area contributed by atoms with Gasteiger partial charge in [-0.25, -0.2) is 9.71 Å². The molecule has 166 valence electrons. The second kappa shape index (κ2) is 8.51. The first kappa shape index (κ1) is 22.5. The van der Waals surface area contributed by atoms with Gasteiger partial charge in [-0.15, -0.1) is 0 Å². The predicted octanol–water partition coefficient (Wildman–Crippen LogP) is 2.15. The summed E-state index contributed by atoms with van der Waals surface area (Å²) in [5.41, 5.74) is -1.24. The van der Waals surface area contributed by atoms with Crippen LogP contribution in [0.5, 0.6) is 0 Å². The average Bonchev–Trinajstić information content (AvgIpc) is 3.24. The minimum absolute atomic E-state index is 0.0111. The number of carbonyl (C=O) groups is 1. The van der Waals surface area contributed by atoms with E-state index < -0.39 is 33.6 Å². The van der Waals surface area contributed by atoms with Gasteiger partial charge >= 0.3 is 16.4 Å². The molecule has 9 nitrogen and oxygen atoms in total. The summed E-state index contributed by atoms with van der Waals surface area (Å²) in [5.74, 6) is -1.10. The van der Waals surface area contributed by atoms with E-state index in [2.05, 4.69) is 14.8 Å². The second-order valence-electron chi connectivity index (χ2n) is 6.51. The lowest BCUT2D eigenvalue weighted by Gasteiger charge is -2.08. The van der Waals surface area contributed by atoms with Crippen molar-refractivity contribution in [3.05, 3.63) is 47.9 Å². The number of aromatic nitrogens is 4. The van der Waals surface area contributed by atoms with E-state index in [4.69, 9.17) is 0 Å². The summed E-state index contributed by atoms with van der Waals surface area (Å²) in [6.07, 6.45) is 0.308. The van der Waals surface area contributed by atoms with E-state index in [0.717, 1.165) is 10.8 Å². The summed E-state index contributed by atoms with van der Waals surface area (Å²) in [4.78, 5) is 16.2. The van der Waals surface area contributed by atoms with E-state index in [9.17, 15) is 26.4 Å². The molecule has 2 N–H and O–H groups in total. The Hall–Kier alpha value is -3.19. The molecule has 3 heterocycles. The summed E-state index contributed by atoms with van der Waals surface area (Å²) in [6.45, 7) is 1.83. The van der Waals surface area contributed by atoms with Gasteiger partial charge in [0, 0.05) is 37.4 Å². The van der Waals surface area contributed by atoms with Crippen molar-refractivity contribution in [1.29, 1.82) is 0 Å². The van der Waals surface area contributed by atoms with E-state index >= 15 is 0 Å². The van der Waals surface area contributed by atoms with Gasteiger partial charge in [-0.2, -0.15) is 31.4 Å². The van der Waals surface area contributed by atoms with Crippen LogP contribution in [-0.4, -0.2) is 40.2 Å². The van der Waals surface area contributed by atoms with Crippen molar-refractivity contribution in [2.45, 2.75) is 19.5 Å². The first-order valence-electron chi connectivity index (χ1n) is 9.09. The highest BCUT2D eigenvalue weighted by Gasteiger charge is 2.38. The summed E-state index contributed by atoms with van der Waals surface area (Å²) in [5, 5.41) is 4.26. The largest absolute Gasteiger partial charge is 0.435 e. The Bertz CT molecular complexity index is 1240. The second-order valence-corrected chi connectivity index (χ2v) is 8.01. The van der Waals surface area contributed by atoms with Crippen molar-refractivity contribution >= 4 is 33.2 Å². The van der Waals surface area contributed by atoms with Crippen molar-refractivity contribution in [2.75, 3.05) is 6.54 Å². The molecule has 0 aliphatic carbocycles. The monoisotopic (exact) mass is 456 g/mol. The van der Waals surface area contributed by atoms with Gasteiger partial charge in [-0.05, 0) is 30.7 Å². The van der Waals surface area contributed by atoms with Crippen molar-refractivity contribution in [3.8, 4) is 5.82 Å². The van der Waals surface area contributed by atoms with Gasteiger partial charge < -0.3 is 0 Å². The number of aryl methyl sites for hydroxylation is 1. The van der Waals surface area contributed by atoms with Crippen LogP contribution in [0.15, 0.2) is 36.7 Å². The van der Waals surface area contributed by atoms with Crippen LogP contribution >= 0.6 is 0 Å². The van der Waals surface area contributed by atoms with Crippen LogP contribution in [0.25, 0.3) is 22.9 Å². The Kier molecular flexibility index (Phi) is 6.18. The zero-order valence-corrected chi connectivity index (χ0v) is 17.3. The first-order chi connectivity index (χ1) is 14.5. The molecule has 0 aliphatic rings. The third kappa shape index (κ3) is 4.94. The van der Waals surface area contributed by atoms with E-state index in [1.54, 1.807) is 29.8 Å². The normalized spacial score (nSPS) is 12.7. The van der Waals surface area contributed by atoms with Gasteiger partial charge in [0.25, 0.3) is 5.91 Å². The van der Waals surface area contributed by atoms with Gasteiger partial charge in [0.05, 0.1) is 5.56 Å². The topological polar surface area (TPSA) is 111 Å². The lowest BCUT2D eigenvalue weighted by Crippen LogP contribution is -2.39. The maximum Gasteiger partial charge on any atom is 0.435 e. The summed E-state index contributed by atoms with van der Waals surface area (Å²) in [6, 6.07) is 5.11. The number of carbonyl (C=O) groups excluding carboxylic acids is 1. The number of rotatable bonds is 7. The number of pyridine rings is 1. The van der Waals surface area contributed by atoms with Crippen LogP contribution in [0.2, 0.25) is 0 Å². The first-order valence-corrected chi connectivity index (χ1v) is 10.6. The fourth-order valence-corrected chi connectivity index (χ4v) is 3.79. The third-order valence-corrected chi connectivity index (χ3v) is 5.23.